The highest BCUT2D eigenvalue weighted by Gasteiger charge is 2.36. The van der Waals surface area contributed by atoms with Crippen LogP contribution in [0.25, 0.3) is 11.1 Å². The molecule has 30 heavy (non-hydrogen) atoms. The molecule has 2 fully saturated rings. The zero-order valence-corrected chi connectivity index (χ0v) is 16.9. The van der Waals surface area contributed by atoms with Crippen molar-refractivity contribution >= 4 is 11.9 Å². The molecule has 0 N–H and O–H groups in total. The summed E-state index contributed by atoms with van der Waals surface area (Å²) in [7, 11) is 0. The molecule has 152 valence electrons. The number of hydrogen-bond donors (Lipinski definition) is 0. The van der Waals surface area contributed by atoms with Crippen LogP contribution in [0, 0.1) is 0 Å². The first kappa shape index (κ1) is 18.8. The quantitative estimate of drug-likeness (QED) is 0.675. The van der Waals surface area contributed by atoms with Gasteiger partial charge in [0.15, 0.2) is 0 Å². The third-order valence-corrected chi connectivity index (χ3v) is 6.05. The first-order chi connectivity index (χ1) is 14.8. The number of benzene rings is 2. The number of likely N-dealkylation sites (tertiary alicyclic amines) is 1. The van der Waals surface area contributed by atoms with Gasteiger partial charge < -0.3 is 9.80 Å². The van der Waals surface area contributed by atoms with Gasteiger partial charge in [0.2, 0.25) is 5.95 Å². The minimum atomic E-state index is 0.127. The van der Waals surface area contributed by atoms with Crippen LogP contribution in [0.2, 0.25) is 0 Å². The minimum absolute atomic E-state index is 0.127. The second-order valence-electron chi connectivity index (χ2n) is 7.88. The Labute approximate surface area is 176 Å². The number of aromatic nitrogens is 2. The molecule has 0 bridgehead atoms. The molecule has 2 saturated heterocycles. The fourth-order valence-corrected chi connectivity index (χ4v) is 4.21. The van der Waals surface area contributed by atoms with Crippen molar-refractivity contribution < 1.29 is 4.79 Å². The number of hydrogen-bond acceptors (Lipinski definition) is 5. The molecule has 3 heterocycles. The molecule has 0 atom stereocenters. The van der Waals surface area contributed by atoms with E-state index >= 15 is 0 Å². The maximum atomic E-state index is 12.8. The highest BCUT2D eigenvalue weighted by atomic mass is 16.2. The Morgan fingerprint density at radius 3 is 2.07 bits per heavy atom. The van der Waals surface area contributed by atoms with Crippen LogP contribution in [-0.4, -0.2) is 71.0 Å². The van der Waals surface area contributed by atoms with Crippen LogP contribution in [0.3, 0.4) is 0 Å². The third kappa shape index (κ3) is 3.78. The van der Waals surface area contributed by atoms with Gasteiger partial charge in [-0.05, 0) is 29.3 Å². The van der Waals surface area contributed by atoms with Gasteiger partial charge in [-0.15, -0.1) is 0 Å². The molecule has 0 aliphatic carbocycles. The monoisotopic (exact) mass is 399 g/mol. The van der Waals surface area contributed by atoms with E-state index in [1.807, 2.05) is 53.4 Å². The third-order valence-electron chi connectivity index (χ3n) is 6.05. The van der Waals surface area contributed by atoms with E-state index in [2.05, 4.69) is 31.9 Å². The number of piperazine rings is 1. The van der Waals surface area contributed by atoms with Gasteiger partial charge in [-0.2, -0.15) is 0 Å². The zero-order valence-electron chi connectivity index (χ0n) is 16.9. The first-order valence-electron chi connectivity index (χ1n) is 10.5. The van der Waals surface area contributed by atoms with Crippen molar-refractivity contribution in [3.8, 4) is 11.1 Å². The molecule has 2 aliphatic rings. The summed E-state index contributed by atoms with van der Waals surface area (Å²) in [6.45, 7) is 5.43. The van der Waals surface area contributed by atoms with Crippen LogP contribution in [0.4, 0.5) is 5.95 Å². The van der Waals surface area contributed by atoms with Gasteiger partial charge >= 0.3 is 0 Å². The topological polar surface area (TPSA) is 52.6 Å². The maximum absolute atomic E-state index is 12.8. The summed E-state index contributed by atoms with van der Waals surface area (Å²) in [6, 6.07) is 20.5. The molecule has 2 aliphatic heterocycles. The Bertz CT molecular complexity index is 979. The molecule has 1 amide bonds. The molecule has 0 radical (unpaired) electrons. The Kier molecular flexibility index (Phi) is 5.15. The van der Waals surface area contributed by atoms with Crippen molar-refractivity contribution in [2.24, 2.45) is 0 Å². The molecule has 0 spiro atoms. The van der Waals surface area contributed by atoms with Crippen LogP contribution in [0.15, 0.2) is 73.1 Å². The van der Waals surface area contributed by atoms with Gasteiger partial charge in [-0.3, -0.25) is 9.69 Å². The standard InChI is InChI=1S/C24H25N5O/c30-23(21-9-7-20(8-10-21)19-5-2-1-3-6-19)29-17-22(18-29)27-13-15-28(16-14-27)24-25-11-4-12-26-24/h1-12,22H,13-18H2. The lowest BCUT2D eigenvalue weighted by Crippen LogP contribution is -2.64. The number of rotatable bonds is 4. The van der Waals surface area contributed by atoms with E-state index in [4.69, 9.17) is 0 Å². The van der Waals surface area contributed by atoms with Crippen molar-refractivity contribution in [1.82, 2.24) is 19.8 Å². The average Bonchev–Trinajstić information content (AvgIpc) is 2.80. The largest absolute Gasteiger partial charge is 0.338 e. The number of amides is 1. The number of carbonyl (C=O) groups excluding carboxylic acids is 1. The fourth-order valence-electron chi connectivity index (χ4n) is 4.21. The normalized spacial score (nSPS) is 17.6. The molecule has 6 nitrogen and oxygen atoms in total. The van der Waals surface area contributed by atoms with E-state index in [9.17, 15) is 4.79 Å². The van der Waals surface area contributed by atoms with E-state index in [0.29, 0.717) is 6.04 Å². The van der Waals surface area contributed by atoms with Gasteiger partial charge in [0.05, 0.1) is 0 Å². The predicted octanol–water partition coefficient (Wildman–Crippen LogP) is 2.79. The van der Waals surface area contributed by atoms with E-state index < -0.39 is 0 Å². The molecular weight excluding hydrogens is 374 g/mol. The van der Waals surface area contributed by atoms with Crippen molar-refractivity contribution in [1.29, 1.82) is 0 Å². The SMILES string of the molecule is O=C(c1ccc(-c2ccccc2)cc1)N1CC(N2CCN(c3ncccn3)CC2)C1. The van der Waals surface area contributed by atoms with E-state index in [1.165, 1.54) is 5.56 Å². The Morgan fingerprint density at radius 2 is 1.40 bits per heavy atom. The highest BCUT2D eigenvalue weighted by Crippen LogP contribution is 2.23. The van der Waals surface area contributed by atoms with E-state index in [-0.39, 0.29) is 5.91 Å². The van der Waals surface area contributed by atoms with Crippen molar-refractivity contribution in [2.75, 3.05) is 44.2 Å². The fraction of sp³-hybridized carbons (Fsp3) is 0.292. The highest BCUT2D eigenvalue weighted by molar-refractivity contribution is 5.95. The molecule has 0 saturated carbocycles. The summed E-state index contributed by atoms with van der Waals surface area (Å²) >= 11 is 0. The Balaban J connectivity index is 1.13. The van der Waals surface area contributed by atoms with Gasteiger partial charge in [0.25, 0.3) is 5.91 Å². The molecule has 5 rings (SSSR count). The predicted molar refractivity (Wildman–Crippen MR) is 117 cm³/mol. The summed E-state index contributed by atoms with van der Waals surface area (Å²) in [5.74, 6) is 0.934. The zero-order chi connectivity index (χ0) is 20.3. The lowest BCUT2D eigenvalue weighted by Gasteiger charge is -2.48. The molecule has 1 aromatic heterocycles. The minimum Gasteiger partial charge on any atom is -0.338 e. The molecule has 0 unspecified atom stereocenters. The van der Waals surface area contributed by atoms with E-state index in [0.717, 1.165) is 56.3 Å². The summed E-state index contributed by atoms with van der Waals surface area (Å²) in [5.41, 5.74) is 3.06. The Morgan fingerprint density at radius 1 is 0.767 bits per heavy atom. The maximum Gasteiger partial charge on any atom is 0.253 e. The van der Waals surface area contributed by atoms with Crippen molar-refractivity contribution in [3.63, 3.8) is 0 Å². The second-order valence-corrected chi connectivity index (χ2v) is 7.88. The molecule has 6 heteroatoms. The summed E-state index contributed by atoms with van der Waals surface area (Å²) in [5, 5.41) is 0. The van der Waals surface area contributed by atoms with Gasteiger partial charge in [0, 0.05) is 63.3 Å². The van der Waals surface area contributed by atoms with Gasteiger partial charge in [0.1, 0.15) is 0 Å². The lowest BCUT2D eigenvalue weighted by atomic mass is 10.0. The number of nitrogens with zero attached hydrogens (tertiary/aromatic N) is 5. The number of anilines is 1. The second kappa shape index (κ2) is 8.24. The van der Waals surface area contributed by atoms with Crippen LogP contribution in [-0.2, 0) is 0 Å². The average molecular weight is 399 g/mol. The Hall–Kier alpha value is -3.25. The lowest BCUT2D eigenvalue weighted by molar-refractivity contribution is 0.0246. The smallest absolute Gasteiger partial charge is 0.253 e. The summed E-state index contributed by atoms with van der Waals surface area (Å²) in [4.78, 5) is 28.2. The first-order valence-corrected chi connectivity index (χ1v) is 10.5. The van der Waals surface area contributed by atoms with Gasteiger partial charge in [-0.25, -0.2) is 9.97 Å². The van der Waals surface area contributed by atoms with Crippen LogP contribution in [0.5, 0.6) is 0 Å². The van der Waals surface area contributed by atoms with E-state index in [1.54, 1.807) is 12.4 Å². The van der Waals surface area contributed by atoms with Crippen LogP contribution >= 0.6 is 0 Å². The molecule has 2 aromatic carbocycles. The summed E-state index contributed by atoms with van der Waals surface area (Å²) in [6.07, 6.45) is 3.58. The summed E-state index contributed by atoms with van der Waals surface area (Å²) < 4.78 is 0. The molecular formula is C24H25N5O. The van der Waals surface area contributed by atoms with Gasteiger partial charge in [-0.1, -0.05) is 42.5 Å². The molecule has 3 aromatic rings. The number of carbonyl (C=O) groups is 1. The van der Waals surface area contributed by atoms with Crippen molar-refractivity contribution in [2.45, 2.75) is 6.04 Å². The van der Waals surface area contributed by atoms with Crippen LogP contribution in [0.1, 0.15) is 10.4 Å². The van der Waals surface area contributed by atoms with Crippen LogP contribution < -0.4 is 4.90 Å². The van der Waals surface area contributed by atoms with Crippen molar-refractivity contribution in [3.05, 3.63) is 78.6 Å².